The van der Waals surface area contributed by atoms with Crippen LogP contribution in [0.5, 0.6) is 11.5 Å². The number of hydrogen-bond acceptors (Lipinski definition) is 4. The molecule has 0 radical (unpaired) electrons. The number of nitrogens with zero attached hydrogens (tertiary/aromatic N) is 1. The lowest BCUT2D eigenvalue weighted by molar-refractivity contribution is 0.0939. The van der Waals surface area contributed by atoms with Gasteiger partial charge in [-0.05, 0) is 43.7 Å². The zero-order valence-corrected chi connectivity index (χ0v) is 11.9. The summed E-state index contributed by atoms with van der Waals surface area (Å²) in [6.45, 7) is 4.06. The molecule has 1 aliphatic rings. The summed E-state index contributed by atoms with van der Waals surface area (Å²) in [6.07, 6.45) is 1.58. The average Bonchev–Trinajstić information content (AvgIpc) is 2.95. The maximum atomic E-state index is 12.2. The first kappa shape index (κ1) is 13.4. The molecule has 1 aromatic carbocycles. The van der Waals surface area contributed by atoms with Crippen LogP contribution in [-0.4, -0.2) is 17.7 Å². The Balaban J connectivity index is 1.72. The molecule has 1 unspecified atom stereocenters. The Hall–Kier alpha value is -2.56. The van der Waals surface area contributed by atoms with Crippen molar-refractivity contribution in [3.05, 3.63) is 53.3 Å². The van der Waals surface area contributed by atoms with Crippen molar-refractivity contribution in [1.82, 2.24) is 10.3 Å². The van der Waals surface area contributed by atoms with Gasteiger partial charge in [0.15, 0.2) is 11.5 Å². The summed E-state index contributed by atoms with van der Waals surface area (Å²) in [4.78, 5) is 16.3. The second-order valence-electron chi connectivity index (χ2n) is 5.00. The second-order valence-corrected chi connectivity index (χ2v) is 5.00. The van der Waals surface area contributed by atoms with Crippen molar-refractivity contribution < 1.29 is 14.3 Å². The minimum Gasteiger partial charge on any atom is -0.454 e. The third-order valence-electron chi connectivity index (χ3n) is 3.42. The van der Waals surface area contributed by atoms with Gasteiger partial charge in [0.05, 0.1) is 11.6 Å². The number of aromatic nitrogens is 1. The molecular weight excluding hydrogens is 268 g/mol. The largest absolute Gasteiger partial charge is 0.454 e. The molecule has 5 nitrogen and oxygen atoms in total. The molecule has 0 fully saturated rings. The zero-order chi connectivity index (χ0) is 14.8. The summed E-state index contributed by atoms with van der Waals surface area (Å²) in [5, 5.41) is 2.95. The van der Waals surface area contributed by atoms with Crippen molar-refractivity contribution in [2.24, 2.45) is 0 Å². The molecule has 21 heavy (non-hydrogen) atoms. The normalized spacial score (nSPS) is 13.8. The molecule has 0 spiro atoms. The van der Waals surface area contributed by atoms with Gasteiger partial charge in [-0.25, -0.2) is 0 Å². The average molecular weight is 284 g/mol. The molecule has 2 aromatic rings. The van der Waals surface area contributed by atoms with E-state index >= 15 is 0 Å². The minimum atomic E-state index is -0.146. The number of pyridine rings is 1. The first-order valence-electron chi connectivity index (χ1n) is 6.76. The first-order valence-corrected chi connectivity index (χ1v) is 6.76. The highest BCUT2D eigenvalue weighted by molar-refractivity contribution is 5.94. The fourth-order valence-corrected chi connectivity index (χ4v) is 2.15. The maximum Gasteiger partial charge on any atom is 0.253 e. The van der Waals surface area contributed by atoms with E-state index in [1.54, 1.807) is 12.3 Å². The van der Waals surface area contributed by atoms with Gasteiger partial charge in [-0.1, -0.05) is 6.07 Å². The van der Waals surface area contributed by atoms with Crippen LogP contribution in [-0.2, 0) is 0 Å². The number of aryl methyl sites for hydroxylation is 1. The van der Waals surface area contributed by atoms with E-state index in [4.69, 9.17) is 9.47 Å². The molecule has 5 heteroatoms. The molecule has 2 heterocycles. The van der Waals surface area contributed by atoms with Crippen molar-refractivity contribution >= 4 is 5.91 Å². The number of fused-ring (bicyclic) bond motifs is 1. The summed E-state index contributed by atoms with van der Waals surface area (Å²) in [6, 6.07) is 9.12. The molecule has 108 valence electrons. The highest BCUT2D eigenvalue weighted by atomic mass is 16.7. The number of carbonyl (C=O) groups is 1. The Morgan fingerprint density at radius 3 is 2.81 bits per heavy atom. The van der Waals surface area contributed by atoms with Crippen LogP contribution < -0.4 is 14.8 Å². The molecule has 1 N–H and O–H groups in total. The Morgan fingerprint density at radius 1 is 1.24 bits per heavy atom. The molecule has 3 rings (SSSR count). The monoisotopic (exact) mass is 284 g/mol. The van der Waals surface area contributed by atoms with Crippen LogP contribution in [0, 0.1) is 6.92 Å². The van der Waals surface area contributed by atoms with E-state index in [0.29, 0.717) is 11.3 Å². The van der Waals surface area contributed by atoms with E-state index in [0.717, 1.165) is 17.0 Å². The predicted octanol–water partition coefficient (Wildman–Crippen LogP) is 2.61. The van der Waals surface area contributed by atoms with Crippen LogP contribution in [0.25, 0.3) is 0 Å². The fraction of sp³-hybridized carbons (Fsp3) is 0.250. The van der Waals surface area contributed by atoms with Crippen LogP contribution in [0.4, 0.5) is 0 Å². The maximum absolute atomic E-state index is 12.2. The van der Waals surface area contributed by atoms with Crippen molar-refractivity contribution in [3.63, 3.8) is 0 Å². The van der Waals surface area contributed by atoms with E-state index in [1.807, 2.05) is 38.1 Å². The van der Waals surface area contributed by atoms with E-state index in [1.165, 1.54) is 0 Å². The number of amides is 1. The number of carbonyl (C=O) groups excluding carboxylic acids is 1. The van der Waals surface area contributed by atoms with Crippen molar-refractivity contribution in [1.29, 1.82) is 0 Å². The lowest BCUT2D eigenvalue weighted by Gasteiger charge is -2.14. The topological polar surface area (TPSA) is 60.5 Å². The quantitative estimate of drug-likeness (QED) is 0.941. The SMILES string of the molecule is Cc1ccc(C(=O)NC(C)c2ccc3c(c2)OCO3)cn1. The first-order chi connectivity index (χ1) is 10.1. The van der Waals surface area contributed by atoms with Crippen LogP contribution in [0.3, 0.4) is 0 Å². The van der Waals surface area contributed by atoms with E-state index in [-0.39, 0.29) is 18.7 Å². The zero-order valence-electron chi connectivity index (χ0n) is 11.9. The standard InChI is InChI=1S/C16H16N2O3/c1-10-3-4-13(8-17-10)16(19)18-11(2)12-5-6-14-15(7-12)21-9-20-14/h3-8,11H,9H2,1-2H3,(H,18,19). The molecular formula is C16H16N2O3. The summed E-state index contributed by atoms with van der Waals surface area (Å²) in [5.74, 6) is 1.30. The lowest BCUT2D eigenvalue weighted by Crippen LogP contribution is -2.26. The van der Waals surface area contributed by atoms with E-state index in [9.17, 15) is 4.79 Å². The number of hydrogen-bond donors (Lipinski definition) is 1. The highest BCUT2D eigenvalue weighted by Crippen LogP contribution is 2.34. The highest BCUT2D eigenvalue weighted by Gasteiger charge is 2.17. The Morgan fingerprint density at radius 2 is 2.05 bits per heavy atom. The summed E-state index contributed by atoms with van der Waals surface area (Å²) < 4.78 is 10.6. The van der Waals surface area contributed by atoms with Gasteiger partial charge >= 0.3 is 0 Å². The smallest absolute Gasteiger partial charge is 0.253 e. The van der Waals surface area contributed by atoms with Gasteiger partial charge in [-0.15, -0.1) is 0 Å². The van der Waals surface area contributed by atoms with Crippen molar-refractivity contribution in [2.45, 2.75) is 19.9 Å². The van der Waals surface area contributed by atoms with Crippen molar-refractivity contribution in [2.75, 3.05) is 6.79 Å². The van der Waals surface area contributed by atoms with Crippen LogP contribution in [0.1, 0.15) is 34.6 Å². The molecule has 0 bridgehead atoms. The van der Waals surface area contributed by atoms with E-state index < -0.39 is 0 Å². The van der Waals surface area contributed by atoms with Gasteiger partial charge in [0.25, 0.3) is 5.91 Å². The minimum absolute atomic E-state index is 0.131. The van der Waals surface area contributed by atoms with Gasteiger partial charge in [0.2, 0.25) is 6.79 Å². The Kier molecular flexibility index (Phi) is 3.48. The number of benzene rings is 1. The number of ether oxygens (including phenoxy) is 2. The number of rotatable bonds is 3. The molecule has 1 atom stereocenters. The Bertz CT molecular complexity index is 668. The Labute approximate surface area is 122 Å². The molecule has 1 aromatic heterocycles. The molecule has 0 aliphatic carbocycles. The van der Waals surface area contributed by atoms with E-state index in [2.05, 4.69) is 10.3 Å². The lowest BCUT2D eigenvalue weighted by atomic mass is 10.1. The molecule has 0 saturated carbocycles. The summed E-state index contributed by atoms with van der Waals surface area (Å²) in [5.41, 5.74) is 2.40. The van der Waals surface area contributed by atoms with Crippen molar-refractivity contribution in [3.8, 4) is 11.5 Å². The molecule has 1 amide bonds. The van der Waals surface area contributed by atoms with Crippen LogP contribution in [0.15, 0.2) is 36.5 Å². The van der Waals surface area contributed by atoms with Gasteiger partial charge in [0, 0.05) is 11.9 Å². The third-order valence-corrected chi connectivity index (χ3v) is 3.42. The fourth-order valence-electron chi connectivity index (χ4n) is 2.15. The van der Waals surface area contributed by atoms with Gasteiger partial charge in [0.1, 0.15) is 0 Å². The molecule has 0 saturated heterocycles. The predicted molar refractivity (Wildman–Crippen MR) is 77.4 cm³/mol. The second kappa shape index (κ2) is 5.44. The van der Waals surface area contributed by atoms with Gasteiger partial charge in [-0.2, -0.15) is 0 Å². The third kappa shape index (κ3) is 2.81. The van der Waals surface area contributed by atoms with Gasteiger partial charge in [-0.3, -0.25) is 9.78 Å². The molecule has 1 aliphatic heterocycles. The van der Waals surface area contributed by atoms with Crippen LogP contribution >= 0.6 is 0 Å². The summed E-state index contributed by atoms with van der Waals surface area (Å²) >= 11 is 0. The number of nitrogens with one attached hydrogen (secondary N) is 1. The summed E-state index contributed by atoms with van der Waals surface area (Å²) in [7, 11) is 0. The van der Waals surface area contributed by atoms with Gasteiger partial charge < -0.3 is 14.8 Å². The van der Waals surface area contributed by atoms with Crippen LogP contribution in [0.2, 0.25) is 0 Å².